The molecule has 0 aliphatic carbocycles. The van der Waals surface area contributed by atoms with Crippen LogP contribution in [0.4, 0.5) is 10.2 Å². The van der Waals surface area contributed by atoms with Gasteiger partial charge in [0.15, 0.2) is 4.96 Å². The van der Waals surface area contributed by atoms with Crippen LogP contribution in [0.25, 0.3) is 4.96 Å². The number of hydrogen-bond acceptors (Lipinski definition) is 4. The number of benzene rings is 1. The molecule has 7 heteroatoms. The smallest absolute Gasteiger partial charge is 0.279 e. The number of amides is 1. The van der Waals surface area contributed by atoms with Crippen molar-refractivity contribution in [3.05, 3.63) is 63.1 Å². The lowest BCUT2D eigenvalue weighted by Crippen LogP contribution is -2.31. The van der Waals surface area contributed by atoms with Crippen LogP contribution in [0.2, 0.25) is 0 Å². The summed E-state index contributed by atoms with van der Waals surface area (Å²) < 4.78 is 14.8. The number of rotatable bonds is 1. The van der Waals surface area contributed by atoms with Gasteiger partial charge in [0.2, 0.25) is 5.91 Å². The fourth-order valence-corrected chi connectivity index (χ4v) is 3.50. The van der Waals surface area contributed by atoms with Gasteiger partial charge in [-0.2, -0.15) is 4.98 Å². The van der Waals surface area contributed by atoms with Gasteiger partial charge in [0.25, 0.3) is 5.56 Å². The van der Waals surface area contributed by atoms with Crippen molar-refractivity contribution < 1.29 is 9.18 Å². The maximum Gasteiger partial charge on any atom is 0.279 e. The molecule has 1 amide bonds. The summed E-state index contributed by atoms with van der Waals surface area (Å²) in [6.07, 6.45) is 1.91. The third kappa shape index (κ3) is 1.93. The molecule has 1 aliphatic heterocycles. The minimum absolute atomic E-state index is 0.145. The van der Waals surface area contributed by atoms with Gasteiger partial charge in [0.05, 0.1) is 5.56 Å². The number of fused-ring (bicyclic) bond motifs is 3. The summed E-state index contributed by atoms with van der Waals surface area (Å²) in [5.74, 6) is -0.484. The molecule has 0 fully saturated rings. The van der Waals surface area contributed by atoms with E-state index in [4.69, 9.17) is 0 Å². The molecule has 0 saturated carbocycles. The number of anilines is 1. The Kier molecular flexibility index (Phi) is 2.83. The second-order valence-corrected chi connectivity index (χ2v) is 5.96. The molecule has 1 atom stereocenters. The average molecular weight is 315 g/mol. The maximum atomic E-state index is 13.1. The van der Waals surface area contributed by atoms with Crippen molar-refractivity contribution in [2.24, 2.45) is 0 Å². The number of aromatic nitrogens is 2. The van der Waals surface area contributed by atoms with E-state index in [2.05, 4.69) is 10.3 Å². The molecule has 22 heavy (non-hydrogen) atoms. The van der Waals surface area contributed by atoms with Crippen molar-refractivity contribution in [1.29, 1.82) is 0 Å². The van der Waals surface area contributed by atoms with Crippen LogP contribution in [0.1, 0.15) is 23.5 Å². The predicted octanol–water partition coefficient (Wildman–Crippen LogP) is 2.37. The summed E-state index contributed by atoms with van der Waals surface area (Å²) in [6, 6.07) is 5.86. The van der Waals surface area contributed by atoms with E-state index in [1.54, 1.807) is 28.1 Å². The minimum atomic E-state index is -0.416. The van der Waals surface area contributed by atoms with Crippen LogP contribution in [0.5, 0.6) is 0 Å². The van der Waals surface area contributed by atoms with Gasteiger partial charge in [-0.15, -0.1) is 11.3 Å². The number of nitrogens with zero attached hydrogens (tertiary/aromatic N) is 2. The van der Waals surface area contributed by atoms with E-state index < -0.39 is 5.92 Å². The molecule has 0 radical (unpaired) electrons. The highest BCUT2D eigenvalue weighted by atomic mass is 32.1. The van der Waals surface area contributed by atoms with E-state index in [0.717, 1.165) is 5.56 Å². The maximum absolute atomic E-state index is 13.1. The SMILES string of the molecule is O=C1CC(c2ccc(F)cc2)c2c(n3ccsc3nc2=O)N1. The largest absolute Gasteiger partial charge is 0.311 e. The molecule has 110 valence electrons. The molecule has 2 aromatic heterocycles. The molecule has 5 nitrogen and oxygen atoms in total. The van der Waals surface area contributed by atoms with Gasteiger partial charge in [-0.05, 0) is 17.7 Å². The highest BCUT2D eigenvalue weighted by Crippen LogP contribution is 2.35. The molecule has 1 aliphatic rings. The van der Waals surface area contributed by atoms with Gasteiger partial charge >= 0.3 is 0 Å². The van der Waals surface area contributed by atoms with E-state index in [-0.39, 0.29) is 23.7 Å². The quantitative estimate of drug-likeness (QED) is 0.750. The molecular formula is C15H10FN3O2S. The number of nitrogens with one attached hydrogen (secondary N) is 1. The molecule has 1 unspecified atom stereocenters. The second-order valence-electron chi connectivity index (χ2n) is 5.09. The summed E-state index contributed by atoms with van der Waals surface area (Å²) in [5.41, 5.74) is 0.820. The van der Waals surface area contributed by atoms with Crippen LogP contribution in [-0.4, -0.2) is 15.3 Å². The molecule has 1 N–H and O–H groups in total. The zero-order chi connectivity index (χ0) is 15.3. The van der Waals surface area contributed by atoms with Crippen molar-refractivity contribution >= 4 is 28.0 Å². The second kappa shape index (κ2) is 4.74. The van der Waals surface area contributed by atoms with Crippen LogP contribution in [0.3, 0.4) is 0 Å². The van der Waals surface area contributed by atoms with Crippen molar-refractivity contribution in [3.63, 3.8) is 0 Å². The van der Waals surface area contributed by atoms with Crippen molar-refractivity contribution in [1.82, 2.24) is 9.38 Å². The minimum Gasteiger partial charge on any atom is -0.311 e. The van der Waals surface area contributed by atoms with Crippen LogP contribution in [0.15, 0.2) is 40.6 Å². The lowest BCUT2D eigenvalue weighted by Gasteiger charge is -2.25. The average Bonchev–Trinajstić information content (AvgIpc) is 2.95. The molecule has 4 rings (SSSR count). The summed E-state index contributed by atoms with van der Waals surface area (Å²) in [6.45, 7) is 0. The molecule has 0 bridgehead atoms. The Morgan fingerprint density at radius 2 is 2.05 bits per heavy atom. The summed E-state index contributed by atoms with van der Waals surface area (Å²) in [4.78, 5) is 29.0. The number of hydrogen-bond donors (Lipinski definition) is 1. The first kappa shape index (κ1) is 13.1. The number of carbonyl (C=O) groups is 1. The monoisotopic (exact) mass is 315 g/mol. The van der Waals surface area contributed by atoms with Crippen molar-refractivity contribution in [2.45, 2.75) is 12.3 Å². The Morgan fingerprint density at radius 1 is 1.27 bits per heavy atom. The summed E-state index contributed by atoms with van der Waals surface area (Å²) in [7, 11) is 0. The number of carbonyl (C=O) groups excluding carboxylic acids is 1. The first-order chi connectivity index (χ1) is 10.6. The van der Waals surface area contributed by atoms with Crippen LogP contribution >= 0.6 is 11.3 Å². The van der Waals surface area contributed by atoms with E-state index in [1.165, 1.54) is 23.5 Å². The van der Waals surface area contributed by atoms with Crippen molar-refractivity contribution in [2.75, 3.05) is 5.32 Å². The van der Waals surface area contributed by atoms with Gasteiger partial charge in [-0.3, -0.25) is 14.0 Å². The lowest BCUT2D eigenvalue weighted by atomic mass is 9.87. The highest BCUT2D eigenvalue weighted by molar-refractivity contribution is 7.15. The fraction of sp³-hybridized carbons (Fsp3) is 0.133. The molecular weight excluding hydrogens is 305 g/mol. The topological polar surface area (TPSA) is 63.5 Å². The fourth-order valence-electron chi connectivity index (χ4n) is 2.79. The molecule has 3 heterocycles. The first-order valence-electron chi connectivity index (χ1n) is 6.68. The summed E-state index contributed by atoms with van der Waals surface area (Å²) in [5, 5.41) is 4.56. The van der Waals surface area contributed by atoms with Gasteiger partial charge in [-0.25, -0.2) is 4.39 Å². The summed E-state index contributed by atoms with van der Waals surface area (Å²) >= 11 is 1.33. The Morgan fingerprint density at radius 3 is 2.82 bits per heavy atom. The Labute approximate surface area is 128 Å². The Hall–Kier alpha value is -2.54. The lowest BCUT2D eigenvalue weighted by molar-refractivity contribution is -0.116. The molecule has 0 saturated heterocycles. The van der Waals surface area contributed by atoms with Gasteiger partial charge < -0.3 is 5.32 Å². The highest BCUT2D eigenvalue weighted by Gasteiger charge is 2.31. The van der Waals surface area contributed by atoms with Crippen LogP contribution < -0.4 is 10.9 Å². The first-order valence-corrected chi connectivity index (χ1v) is 7.56. The van der Waals surface area contributed by atoms with Gasteiger partial charge in [-0.1, -0.05) is 12.1 Å². The van der Waals surface area contributed by atoms with Gasteiger partial charge in [0.1, 0.15) is 11.6 Å². The third-order valence-electron chi connectivity index (χ3n) is 3.78. The van der Waals surface area contributed by atoms with E-state index in [0.29, 0.717) is 16.3 Å². The van der Waals surface area contributed by atoms with Gasteiger partial charge in [0, 0.05) is 23.9 Å². The zero-order valence-electron chi connectivity index (χ0n) is 11.2. The normalized spacial score (nSPS) is 17.3. The zero-order valence-corrected chi connectivity index (χ0v) is 12.1. The van der Waals surface area contributed by atoms with E-state index >= 15 is 0 Å². The Bertz CT molecular complexity index is 946. The number of thiazole rings is 1. The predicted molar refractivity (Wildman–Crippen MR) is 80.8 cm³/mol. The van der Waals surface area contributed by atoms with E-state index in [1.807, 2.05) is 0 Å². The Balaban J connectivity index is 1.99. The standard InChI is InChI=1S/C15H10FN3O2S/c16-9-3-1-8(2-4-9)10-7-11(20)17-13-12(10)14(21)18-15-19(13)5-6-22-15/h1-6,10H,7H2,(H,17,20). The van der Waals surface area contributed by atoms with Crippen LogP contribution in [-0.2, 0) is 4.79 Å². The number of halogens is 1. The van der Waals surface area contributed by atoms with E-state index in [9.17, 15) is 14.0 Å². The van der Waals surface area contributed by atoms with Crippen LogP contribution in [0, 0.1) is 5.82 Å². The molecule has 0 spiro atoms. The third-order valence-corrected chi connectivity index (χ3v) is 4.54. The molecule has 1 aromatic carbocycles. The van der Waals surface area contributed by atoms with Crippen molar-refractivity contribution in [3.8, 4) is 0 Å². The molecule has 3 aromatic rings.